The Morgan fingerprint density at radius 2 is 0.750 bits per heavy atom. The second-order valence-electron chi connectivity index (χ2n) is 1.71. The highest BCUT2D eigenvalue weighted by Gasteiger charge is 1.67. The number of rotatable bonds is 0. The summed E-state index contributed by atoms with van der Waals surface area (Å²) in [4.78, 5) is 12.5. The Hall–Kier alpha value is -0.540. The summed E-state index contributed by atoms with van der Waals surface area (Å²) in [6.45, 7) is 0. The standard InChI is InChI=1S/B4H8N4/c1-5-2-7-4-8-3-6-1/h1-8H. The molecule has 0 aliphatic carbocycles. The van der Waals surface area contributed by atoms with Crippen molar-refractivity contribution in [3.63, 3.8) is 0 Å². The van der Waals surface area contributed by atoms with E-state index >= 15 is 0 Å². The molecule has 0 aromatic heterocycles. The van der Waals surface area contributed by atoms with Crippen LogP contribution in [0.1, 0.15) is 0 Å². The molecule has 0 amide bonds. The van der Waals surface area contributed by atoms with Crippen LogP contribution in [0.4, 0.5) is 0 Å². The second kappa shape index (κ2) is 3.46. The number of hydrogen-bond acceptors (Lipinski definition) is 0. The fourth-order valence-corrected chi connectivity index (χ4v) is 0.604. The topological polar surface area (TPSA) is 55.9 Å². The lowest BCUT2D eigenvalue weighted by atomic mass is 10.1. The van der Waals surface area contributed by atoms with Crippen LogP contribution in [0.25, 0.3) is 0 Å². The first-order valence-corrected chi connectivity index (χ1v) is 2.83. The van der Waals surface area contributed by atoms with E-state index in [0.29, 0.717) is 0 Å². The lowest BCUT2D eigenvalue weighted by molar-refractivity contribution is -0.466. The molecular weight excluding hydrogens is 99.3 g/mol. The van der Waals surface area contributed by atoms with Crippen LogP contribution in [-0.4, -0.2) is 28.8 Å². The van der Waals surface area contributed by atoms with Gasteiger partial charge in [0.15, 0.2) is 0 Å². The fourth-order valence-electron chi connectivity index (χ4n) is 0.604. The van der Waals surface area contributed by atoms with Crippen molar-refractivity contribution >= 4 is 28.8 Å². The van der Waals surface area contributed by atoms with Gasteiger partial charge in [0.1, 0.15) is 0 Å². The SMILES string of the molecule is [BH-]1=[NH+]\[BH-]=[NH+]/[BH-]=[NH+]\[BH-]=[NH+]/1. The molecule has 8 heteroatoms. The maximum absolute atomic E-state index is 3.12. The van der Waals surface area contributed by atoms with Crippen molar-refractivity contribution in [3.05, 3.63) is 0 Å². The summed E-state index contributed by atoms with van der Waals surface area (Å²) in [7, 11) is 3.50. The Kier molecular flexibility index (Phi) is 2.42. The van der Waals surface area contributed by atoms with Gasteiger partial charge in [0, 0.05) is 0 Å². The van der Waals surface area contributed by atoms with Gasteiger partial charge in [0.2, 0.25) is 0 Å². The zero-order valence-corrected chi connectivity index (χ0v) is 4.83. The van der Waals surface area contributed by atoms with Crippen molar-refractivity contribution in [1.82, 2.24) is 0 Å². The highest BCUT2D eigenvalue weighted by Crippen LogP contribution is 0.718. The predicted molar refractivity (Wildman–Crippen MR) is 32.4 cm³/mol. The van der Waals surface area contributed by atoms with Crippen LogP contribution in [0.3, 0.4) is 0 Å². The monoisotopic (exact) mass is 108 g/mol. The van der Waals surface area contributed by atoms with Crippen LogP contribution in [-0.2, 0) is 0 Å². The third kappa shape index (κ3) is 1.95. The maximum Gasteiger partial charge on any atom is 0.395 e. The molecule has 1 aliphatic heterocycles. The quantitative estimate of drug-likeness (QED) is 0.222. The lowest BCUT2D eigenvalue weighted by Crippen LogP contribution is -3.04. The summed E-state index contributed by atoms with van der Waals surface area (Å²) in [5.41, 5.74) is 0. The molecule has 0 atom stereocenters. The highest BCUT2D eigenvalue weighted by atomic mass is 14.8. The zero-order valence-electron chi connectivity index (χ0n) is 4.83. The third-order valence-corrected chi connectivity index (χ3v) is 1.000. The molecular formula is H8B4N4. The highest BCUT2D eigenvalue weighted by molar-refractivity contribution is 6.23. The van der Waals surface area contributed by atoms with E-state index in [4.69, 9.17) is 0 Å². The van der Waals surface area contributed by atoms with E-state index < -0.39 is 0 Å². The van der Waals surface area contributed by atoms with Crippen molar-refractivity contribution in [3.8, 4) is 0 Å². The van der Waals surface area contributed by atoms with E-state index in [1.165, 1.54) is 0 Å². The van der Waals surface area contributed by atoms with Crippen LogP contribution < -0.4 is 19.2 Å². The molecule has 0 saturated heterocycles. The van der Waals surface area contributed by atoms with Gasteiger partial charge in [0.05, 0.1) is 0 Å². The van der Waals surface area contributed by atoms with Crippen molar-refractivity contribution in [2.45, 2.75) is 0 Å². The van der Waals surface area contributed by atoms with Crippen molar-refractivity contribution < 1.29 is 19.2 Å². The summed E-state index contributed by atoms with van der Waals surface area (Å²) < 4.78 is 0. The van der Waals surface area contributed by atoms with Gasteiger partial charge in [-0.2, -0.15) is 0 Å². The van der Waals surface area contributed by atoms with Crippen molar-refractivity contribution in [1.29, 1.82) is 0 Å². The van der Waals surface area contributed by atoms with Gasteiger partial charge in [-0.15, -0.1) is 0 Å². The summed E-state index contributed by atoms with van der Waals surface area (Å²) in [5.74, 6) is 0. The van der Waals surface area contributed by atoms with E-state index in [1.54, 1.807) is 0 Å². The molecule has 1 heterocycles. The Balaban J connectivity index is 2.67. The van der Waals surface area contributed by atoms with Gasteiger partial charge >= 0.3 is 28.8 Å². The average molecular weight is 107 g/mol. The number of nitrogens with one attached hydrogen (secondary N) is 4. The molecule has 0 spiro atoms. The van der Waals surface area contributed by atoms with E-state index in [1.807, 2.05) is 0 Å². The Labute approximate surface area is 49.0 Å². The Morgan fingerprint density at radius 3 is 1.00 bits per heavy atom. The Morgan fingerprint density at radius 1 is 0.500 bits per heavy atom. The molecule has 4 N–H and O–H groups in total. The molecule has 1 rings (SSSR count). The summed E-state index contributed by atoms with van der Waals surface area (Å²) in [6, 6.07) is 0. The minimum Gasteiger partial charge on any atom is -0.638 e. The number of hydrogen-bond donors (Lipinski definition) is 4. The lowest BCUT2D eigenvalue weighted by Gasteiger charge is -1.90. The van der Waals surface area contributed by atoms with Crippen LogP contribution >= 0.6 is 0 Å². The van der Waals surface area contributed by atoms with Crippen LogP contribution in [0.2, 0.25) is 0 Å². The normalized spacial score (nSPS) is 32.0. The smallest absolute Gasteiger partial charge is 0.395 e. The fraction of sp³-hybridized carbons (Fsp3) is 0. The molecule has 4 nitrogen and oxygen atoms in total. The van der Waals surface area contributed by atoms with Gasteiger partial charge < -0.3 is 19.2 Å². The molecule has 8 heavy (non-hydrogen) atoms. The van der Waals surface area contributed by atoms with Crippen LogP contribution in [0.15, 0.2) is 0 Å². The first-order valence-electron chi connectivity index (χ1n) is 2.83. The minimum atomic E-state index is 0.875. The van der Waals surface area contributed by atoms with Gasteiger partial charge in [-0.3, -0.25) is 0 Å². The van der Waals surface area contributed by atoms with Gasteiger partial charge in [-0.05, 0) is 0 Å². The van der Waals surface area contributed by atoms with Crippen LogP contribution in [0, 0.1) is 0 Å². The summed E-state index contributed by atoms with van der Waals surface area (Å²) in [6.07, 6.45) is 0. The van der Waals surface area contributed by atoms with Crippen molar-refractivity contribution in [2.75, 3.05) is 0 Å². The van der Waals surface area contributed by atoms with Crippen LogP contribution in [0.5, 0.6) is 0 Å². The van der Waals surface area contributed by atoms with Crippen molar-refractivity contribution in [2.24, 2.45) is 0 Å². The molecule has 40 valence electrons. The molecule has 0 aromatic carbocycles. The van der Waals surface area contributed by atoms with E-state index in [9.17, 15) is 0 Å². The third-order valence-electron chi connectivity index (χ3n) is 1.000. The molecule has 0 radical (unpaired) electrons. The minimum absolute atomic E-state index is 0.875. The maximum atomic E-state index is 3.12. The summed E-state index contributed by atoms with van der Waals surface area (Å²) >= 11 is 0. The van der Waals surface area contributed by atoms with Gasteiger partial charge in [0.25, 0.3) is 0 Å². The zero-order chi connectivity index (χ0) is 5.66. The molecule has 1 aliphatic rings. The first-order chi connectivity index (χ1) is 4.00. The summed E-state index contributed by atoms with van der Waals surface area (Å²) in [5, 5.41) is 0. The second-order valence-corrected chi connectivity index (χ2v) is 1.71. The first kappa shape index (κ1) is 5.59. The average Bonchev–Trinajstić information content (AvgIpc) is 1.62. The molecule has 0 aromatic rings. The Bertz CT molecular complexity index is 109. The largest absolute Gasteiger partial charge is 0.638 e. The van der Waals surface area contributed by atoms with Gasteiger partial charge in [-0.1, -0.05) is 0 Å². The predicted octanol–water partition coefficient (Wildman–Crippen LogP) is -9.54. The van der Waals surface area contributed by atoms with E-state index in [2.05, 4.69) is 19.2 Å². The van der Waals surface area contributed by atoms with E-state index in [-0.39, 0.29) is 0 Å². The molecule has 0 unspecified atom stereocenters. The van der Waals surface area contributed by atoms with E-state index in [0.717, 1.165) is 28.8 Å². The molecule has 0 fully saturated rings. The molecule has 0 bridgehead atoms. The van der Waals surface area contributed by atoms with Gasteiger partial charge in [-0.25, -0.2) is 0 Å². The molecule has 0 saturated carbocycles.